The second-order valence-corrected chi connectivity index (χ2v) is 7.46. The van der Waals surface area contributed by atoms with Crippen LogP contribution in [-0.4, -0.2) is 16.8 Å². The number of hydrogen-bond acceptors (Lipinski definition) is 4. The fourth-order valence-corrected chi connectivity index (χ4v) is 2.79. The summed E-state index contributed by atoms with van der Waals surface area (Å²) in [5.74, 6) is 0. The molecule has 0 amide bonds. The number of benzene rings is 2. The van der Waals surface area contributed by atoms with Gasteiger partial charge in [-0.3, -0.25) is 0 Å². The molecule has 0 bridgehead atoms. The molecule has 0 aliphatic heterocycles. The van der Waals surface area contributed by atoms with E-state index in [1.165, 1.54) is 24.3 Å². The average Bonchev–Trinajstić information content (AvgIpc) is 2.25. The zero-order valence-electron chi connectivity index (χ0n) is 8.67. The molecular formula is C10H6ClFO4S2. The van der Waals surface area contributed by atoms with E-state index in [1.807, 2.05) is 0 Å². The van der Waals surface area contributed by atoms with Crippen LogP contribution in [0.4, 0.5) is 3.89 Å². The first-order valence-corrected chi connectivity index (χ1v) is 8.30. The molecule has 8 heteroatoms. The zero-order valence-corrected chi connectivity index (χ0v) is 11.1. The third-order valence-electron chi connectivity index (χ3n) is 2.35. The number of hydrogen-bond donors (Lipinski definition) is 0. The van der Waals surface area contributed by atoms with Gasteiger partial charge in [-0.2, -0.15) is 8.42 Å². The minimum absolute atomic E-state index is 0.104. The van der Waals surface area contributed by atoms with Gasteiger partial charge in [0.15, 0.2) is 0 Å². The van der Waals surface area contributed by atoms with Gasteiger partial charge in [0.1, 0.15) is 0 Å². The first-order chi connectivity index (χ1) is 8.18. The lowest BCUT2D eigenvalue weighted by Gasteiger charge is -2.02. The van der Waals surface area contributed by atoms with Gasteiger partial charge in [0.05, 0.1) is 9.79 Å². The van der Waals surface area contributed by atoms with E-state index in [1.54, 1.807) is 0 Å². The Morgan fingerprint density at radius 2 is 1.28 bits per heavy atom. The topological polar surface area (TPSA) is 68.3 Å². The highest BCUT2D eigenvalue weighted by Crippen LogP contribution is 2.24. The van der Waals surface area contributed by atoms with Gasteiger partial charge in [0.2, 0.25) is 0 Å². The highest BCUT2D eigenvalue weighted by Gasteiger charge is 2.14. The van der Waals surface area contributed by atoms with Crippen molar-refractivity contribution in [3.05, 3.63) is 36.4 Å². The predicted molar refractivity (Wildman–Crippen MR) is 65.3 cm³/mol. The second-order valence-electron chi connectivity index (χ2n) is 3.55. The maximum atomic E-state index is 12.8. The van der Waals surface area contributed by atoms with Crippen LogP contribution >= 0.6 is 10.7 Å². The summed E-state index contributed by atoms with van der Waals surface area (Å²) in [6.45, 7) is 0. The molecule has 0 saturated carbocycles. The van der Waals surface area contributed by atoms with Crippen molar-refractivity contribution in [3.63, 3.8) is 0 Å². The molecule has 0 unspecified atom stereocenters. The van der Waals surface area contributed by atoms with Gasteiger partial charge in [0, 0.05) is 10.7 Å². The Labute approximate surface area is 108 Å². The summed E-state index contributed by atoms with van der Waals surface area (Å²) >= 11 is 0. The molecule has 0 atom stereocenters. The van der Waals surface area contributed by atoms with Gasteiger partial charge in [-0.15, -0.1) is 3.89 Å². The summed E-state index contributed by atoms with van der Waals surface area (Å²) in [7, 11) is -3.45. The van der Waals surface area contributed by atoms with Crippen molar-refractivity contribution in [2.75, 3.05) is 0 Å². The molecule has 2 aromatic rings. The first kappa shape index (κ1) is 13.3. The van der Waals surface area contributed by atoms with Crippen LogP contribution in [0.2, 0.25) is 0 Å². The van der Waals surface area contributed by atoms with Crippen molar-refractivity contribution in [2.45, 2.75) is 9.79 Å². The third kappa shape index (κ3) is 2.63. The fraction of sp³-hybridized carbons (Fsp3) is 0. The molecule has 96 valence electrons. The van der Waals surface area contributed by atoms with Crippen molar-refractivity contribution in [2.24, 2.45) is 0 Å². The molecular weight excluding hydrogens is 303 g/mol. The third-order valence-corrected chi connectivity index (χ3v) is 4.51. The molecule has 0 heterocycles. The van der Waals surface area contributed by atoms with Gasteiger partial charge in [-0.25, -0.2) is 8.42 Å². The highest BCUT2D eigenvalue weighted by molar-refractivity contribution is 8.13. The smallest absolute Gasteiger partial charge is 0.207 e. The summed E-state index contributed by atoms with van der Waals surface area (Å²) < 4.78 is 56.4. The average molecular weight is 309 g/mol. The van der Waals surface area contributed by atoms with E-state index in [9.17, 15) is 20.7 Å². The molecule has 0 spiro atoms. The van der Waals surface area contributed by atoms with Gasteiger partial charge < -0.3 is 0 Å². The molecule has 0 aromatic heterocycles. The van der Waals surface area contributed by atoms with Gasteiger partial charge in [-0.05, 0) is 35.0 Å². The van der Waals surface area contributed by atoms with Crippen molar-refractivity contribution < 1.29 is 20.7 Å². The Kier molecular flexibility index (Phi) is 3.08. The first-order valence-electron chi connectivity index (χ1n) is 4.61. The molecule has 0 N–H and O–H groups in total. The molecule has 4 nitrogen and oxygen atoms in total. The van der Waals surface area contributed by atoms with Crippen LogP contribution in [0.25, 0.3) is 10.8 Å². The summed E-state index contributed by atoms with van der Waals surface area (Å²) in [4.78, 5) is -0.580. The fourth-order valence-electron chi connectivity index (χ4n) is 1.51. The molecule has 2 rings (SSSR count). The summed E-state index contributed by atoms with van der Waals surface area (Å²) in [6.07, 6.45) is 0. The predicted octanol–water partition coefficient (Wildman–Crippen LogP) is 2.43. The van der Waals surface area contributed by atoms with Crippen LogP contribution in [0.3, 0.4) is 0 Å². The Hall–Kier alpha value is -1.18. The van der Waals surface area contributed by atoms with E-state index in [0.29, 0.717) is 10.8 Å². The van der Waals surface area contributed by atoms with Crippen LogP contribution in [0.5, 0.6) is 0 Å². The van der Waals surface area contributed by atoms with Crippen LogP contribution in [0.1, 0.15) is 0 Å². The number of rotatable bonds is 2. The van der Waals surface area contributed by atoms with Crippen LogP contribution in [0, 0.1) is 0 Å². The minimum atomic E-state index is -4.78. The molecule has 0 fully saturated rings. The Morgan fingerprint density at radius 1 is 0.833 bits per heavy atom. The van der Waals surface area contributed by atoms with Gasteiger partial charge in [-0.1, -0.05) is 12.1 Å². The lowest BCUT2D eigenvalue weighted by Crippen LogP contribution is -1.93. The van der Waals surface area contributed by atoms with E-state index in [0.717, 1.165) is 12.1 Å². The Balaban J connectivity index is 2.70. The quantitative estimate of drug-likeness (QED) is 0.799. The Morgan fingerprint density at radius 3 is 1.72 bits per heavy atom. The molecule has 18 heavy (non-hydrogen) atoms. The molecule has 0 aliphatic carbocycles. The molecule has 0 radical (unpaired) electrons. The van der Waals surface area contributed by atoms with Crippen molar-refractivity contribution in [3.8, 4) is 0 Å². The zero-order chi connectivity index (χ0) is 13.6. The normalized spacial score (nSPS) is 12.8. The van der Waals surface area contributed by atoms with E-state index >= 15 is 0 Å². The lowest BCUT2D eigenvalue weighted by atomic mass is 10.1. The van der Waals surface area contributed by atoms with Crippen molar-refractivity contribution >= 4 is 40.7 Å². The van der Waals surface area contributed by atoms with Crippen LogP contribution in [0.15, 0.2) is 46.2 Å². The minimum Gasteiger partial charge on any atom is -0.207 e. The highest BCUT2D eigenvalue weighted by atomic mass is 35.7. The van der Waals surface area contributed by atoms with E-state index in [2.05, 4.69) is 0 Å². The van der Waals surface area contributed by atoms with E-state index in [4.69, 9.17) is 10.7 Å². The van der Waals surface area contributed by atoms with E-state index < -0.39 is 24.2 Å². The van der Waals surface area contributed by atoms with Crippen molar-refractivity contribution in [1.29, 1.82) is 0 Å². The molecule has 0 saturated heterocycles. The van der Waals surface area contributed by atoms with E-state index in [-0.39, 0.29) is 4.90 Å². The summed E-state index contributed by atoms with van der Waals surface area (Å²) in [6, 6.07) is 7.36. The molecule has 0 aliphatic rings. The monoisotopic (exact) mass is 308 g/mol. The standard InChI is InChI=1S/C10H6ClFO4S2/c11-17(13,14)9-3-1-8-6-10(18(12,15)16)4-2-7(8)5-9/h1-6H. The molecule has 2 aromatic carbocycles. The van der Waals surface area contributed by atoms with Gasteiger partial charge >= 0.3 is 10.2 Å². The lowest BCUT2D eigenvalue weighted by molar-refractivity contribution is 0.552. The largest absolute Gasteiger partial charge is 0.332 e. The van der Waals surface area contributed by atoms with Crippen molar-refractivity contribution in [1.82, 2.24) is 0 Å². The van der Waals surface area contributed by atoms with Crippen LogP contribution < -0.4 is 0 Å². The number of fused-ring (bicyclic) bond motifs is 1. The summed E-state index contributed by atoms with van der Waals surface area (Å²) in [5.41, 5.74) is 0. The SMILES string of the molecule is O=S(=O)(F)c1ccc2cc(S(=O)(=O)Cl)ccc2c1. The second kappa shape index (κ2) is 4.18. The Bertz CT molecular complexity index is 757. The van der Waals surface area contributed by atoms with Crippen LogP contribution in [-0.2, 0) is 19.3 Å². The summed E-state index contributed by atoms with van der Waals surface area (Å²) in [5, 5.41) is 0.849. The maximum Gasteiger partial charge on any atom is 0.332 e. The number of halogens is 2. The van der Waals surface area contributed by atoms with Gasteiger partial charge in [0.25, 0.3) is 9.05 Å². The maximum absolute atomic E-state index is 12.8.